The molecular formula is C22H25ClN2O5. The Kier molecular flexibility index (Phi) is 7.83. The molecule has 0 fully saturated rings. The van der Waals surface area contributed by atoms with Gasteiger partial charge in [-0.15, -0.1) is 0 Å². The number of anilines is 1. The van der Waals surface area contributed by atoms with Crippen molar-refractivity contribution in [2.24, 2.45) is 0 Å². The Morgan fingerprint density at radius 2 is 1.70 bits per heavy atom. The Morgan fingerprint density at radius 1 is 1.03 bits per heavy atom. The molecule has 0 saturated carbocycles. The van der Waals surface area contributed by atoms with E-state index in [1.807, 2.05) is 12.1 Å². The second kappa shape index (κ2) is 10.1. The number of carbonyl (C=O) groups excluding carboxylic acids is 3. The summed E-state index contributed by atoms with van der Waals surface area (Å²) in [4.78, 5) is 35.9. The lowest BCUT2D eigenvalue weighted by Crippen LogP contribution is -2.32. The molecule has 0 spiro atoms. The van der Waals surface area contributed by atoms with Crippen LogP contribution in [-0.2, 0) is 19.7 Å². The monoisotopic (exact) mass is 432 g/mol. The van der Waals surface area contributed by atoms with E-state index in [9.17, 15) is 14.4 Å². The van der Waals surface area contributed by atoms with Gasteiger partial charge in [0.05, 0.1) is 12.1 Å². The number of rotatable bonds is 7. The number of halogens is 1. The number of ether oxygens (including phenoxy) is 2. The van der Waals surface area contributed by atoms with Crippen molar-refractivity contribution in [1.82, 2.24) is 5.32 Å². The third kappa shape index (κ3) is 6.77. The predicted molar refractivity (Wildman–Crippen MR) is 115 cm³/mol. The van der Waals surface area contributed by atoms with E-state index in [1.54, 1.807) is 24.3 Å². The van der Waals surface area contributed by atoms with Gasteiger partial charge in [0, 0.05) is 11.3 Å². The molecule has 0 unspecified atom stereocenters. The molecule has 2 N–H and O–H groups in total. The maximum Gasteiger partial charge on any atom is 0.325 e. The quantitative estimate of drug-likeness (QED) is 0.652. The molecule has 30 heavy (non-hydrogen) atoms. The topological polar surface area (TPSA) is 93.7 Å². The van der Waals surface area contributed by atoms with E-state index in [0.717, 1.165) is 5.56 Å². The first kappa shape index (κ1) is 23.2. The van der Waals surface area contributed by atoms with Crippen molar-refractivity contribution in [1.29, 1.82) is 0 Å². The summed E-state index contributed by atoms with van der Waals surface area (Å²) in [5.41, 5.74) is 1.96. The molecule has 0 atom stereocenters. The zero-order chi connectivity index (χ0) is 22.3. The largest absolute Gasteiger partial charge is 0.495 e. The fraction of sp³-hybridized carbons (Fsp3) is 0.318. The molecule has 0 saturated heterocycles. The lowest BCUT2D eigenvalue weighted by molar-refractivity contribution is -0.146. The minimum atomic E-state index is -0.724. The van der Waals surface area contributed by atoms with Crippen LogP contribution in [0.15, 0.2) is 42.5 Å². The second-order valence-electron chi connectivity index (χ2n) is 7.57. The maximum atomic E-state index is 12.2. The highest BCUT2D eigenvalue weighted by molar-refractivity contribution is 6.32. The van der Waals surface area contributed by atoms with Crippen molar-refractivity contribution in [2.75, 3.05) is 25.6 Å². The molecule has 2 aromatic carbocycles. The average Bonchev–Trinajstić information content (AvgIpc) is 2.70. The molecule has 0 radical (unpaired) electrons. The lowest BCUT2D eigenvalue weighted by Gasteiger charge is -2.19. The molecule has 0 bridgehead atoms. The molecule has 0 aliphatic carbocycles. The normalized spacial score (nSPS) is 10.8. The van der Waals surface area contributed by atoms with Crippen LogP contribution in [-0.4, -0.2) is 38.0 Å². The SMILES string of the molecule is COc1ccc(NC(=O)COC(=O)CNC(=O)c2ccc(C(C)(C)C)cc2)cc1Cl. The zero-order valence-electron chi connectivity index (χ0n) is 17.4. The Balaban J connectivity index is 1.77. The van der Waals surface area contributed by atoms with Crippen molar-refractivity contribution < 1.29 is 23.9 Å². The minimum Gasteiger partial charge on any atom is -0.495 e. The molecule has 0 heterocycles. The minimum absolute atomic E-state index is 0.0173. The number of hydrogen-bond acceptors (Lipinski definition) is 5. The molecule has 2 aromatic rings. The highest BCUT2D eigenvalue weighted by Gasteiger charge is 2.15. The fourth-order valence-corrected chi connectivity index (χ4v) is 2.77. The van der Waals surface area contributed by atoms with Gasteiger partial charge in [-0.3, -0.25) is 14.4 Å². The van der Waals surface area contributed by atoms with E-state index in [1.165, 1.54) is 13.2 Å². The van der Waals surface area contributed by atoms with E-state index < -0.39 is 24.4 Å². The summed E-state index contributed by atoms with van der Waals surface area (Å²) in [6.45, 7) is 5.41. The summed E-state index contributed by atoms with van der Waals surface area (Å²) >= 11 is 5.99. The molecule has 7 nitrogen and oxygen atoms in total. The predicted octanol–water partition coefficient (Wildman–Crippen LogP) is 3.56. The zero-order valence-corrected chi connectivity index (χ0v) is 18.1. The number of nitrogens with one attached hydrogen (secondary N) is 2. The molecule has 2 rings (SSSR count). The number of carbonyl (C=O) groups is 3. The van der Waals surface area contributed by atoms with E-state index in [0.29, 0.717) is 22.0 Å². The number of benzene rings is 2. The van der Waals surface area contributed by atoms with Crippen LogP contribution in [0.4, 0.5) is 5.69 Å². The third-order valence-electron chi connectivity index (χ3n) is 4.21. The van der Waals surface area contributed by atoms with Crippen LogP contribution in [0.3, 0.4) is 0 Å². The van der Waals surface area contributed by atoms with Crippen LogP contribution in [0.25, 0.3) is 0 Å². The second-order valence-corrected chi connectivity index (χ2v) is 7.98. The molecule has 0 aliphatic rings. The summed E-state index contributed by atoms with van der Waals surface area (Å²) in [7, 11) is 1.48. The van der Waals surface area contributed by atoms with Crippen molar-refractivity contribution in [3.05, 3.63) is 58.6 Å². The Labute approximate surface area is 180 Å². The molecule has 8 heteroatoms. The summed E-state index contributed by atoms with van der Waals surface area (Å²) < 4.78 is 9.91. The van der Waals surface area contributed by atoms with E-state index in [2.05, 4.69) is 31.4 Å². The smallest absolute Gasteiger partial charge is 0.325 e. The van der Waals surface area contributed by atoms with Crippen LogP contribution in [0, 0.1) is 0 Å². The van der Waals surface area contributed by atoms with Gasteiger partial charge in [-0.05, 0) is 41.3 Å². The Hall–Kier alpha value is -3.06. The Bertz CT molecular complexity index is 920. The lowest BCUT2D eigenvalue weighted by atomic mass is 9.87. The standard InChI is InChI=1S/C22H25ClN2O5/c1-22(2,3)15-7-5-14(6-8-15)21(28)24-12-20(27)30-13-19(26)25-16-9-10-18(29-4)17(23)11-16/h5-11H,12-13H2,1-4H3,(H,24,28)(H,25,26). The first-order chi connectivity index (χ1) is 14.1. The van der Waals surface area contributed by atoms with Crippen LogP contribution in [0.2, 0.25) is 5.02 Å². The van der Waals surface area contributed by atoms with Gasteiger partial charge in [-0.1, -0.05) is 44.5 Å². The first-order valence-electron chi connectivity index (χ1n) is 9.28. The fourth-order valence-electron chi connectivity index (χ4n) is 2.51. The van der Waals surface area contributed by atoms with Gasteiger partial charge < -0.3 is 20.1 Å². The van der Waals surface area contributed by atoms with Gasteiger partial charge >= 0.3 is 5.97 Å². The maximum absolute atomic E-state index is 12.2. The van der Waals surface area contributed by atoms with Crippen molar-refractivity contribution in [3.63, 3.8) is 0 Å². The average molecular weight is 433 g/mol. The van der Waals surface area contributed by atoms with E-state index >= 15 is 0 Å². The van der Waals surface area contributed by atoms with Crippen LogP contribution >= 0.6 is 11.6 Å². The number of hydrogen-bond donors (Lipinski definition) is 2. The van der Waals surface area contributed by atoms with Crippen molar-refractivity contribution >= 4 is 35.1 Å². The van der Waals surface area contributed by atoms with Crippen LogP contribution < -0.4 is 15.4 Å². The molecule has 0 aromatic heterocycles. The summed E-state index contributed by atoms with van der Waals surface area (Å²) in [5.74, 6) is -1.18. The summed E-state index contributed by atoms with van der Waals surface area (Å²) in [5, 5.41) is 5.37. The molecular weight excluding hydrogens is 408 g/mol. The Morgan fingerprint density at radius 3 is 2.27 bits per heavy atom. The summed E-state index contributed by atoms with van der Waals surface area (Å²) in [6, 6.07) is 11.9. The van der Waals surface area contributed by atoms with Crippen LogP contribution in [0.1, 0.15) is 36.7 Å². The molecule has 2 amide bonds. The number of esters is 1. The number of amides is 2. The van der Waals surface area contributed by atoms with Crippen molar-refractivity contribution in [3.8, 4) is 5.75 Å². The first-order valence-corrected chi connectivity index (χ1v) is 9.65. The van der Waals surface area contributed by atoms with E-state index in [4.69, 9.17) is 21.1 Å². The van der Waals surface area contributed by atoms with Gasteiger partial charge in [0.1, 0.15) is 12.3 Å². The third-order valence-corrected chi connectivity index (χ3v) is 4.50. The van der Waals surface area contributed by atoms with Gasteiger partial charge in [-0.2, -0.15) is 0 Å². The molecule has 0 aliphatic heterocycles. The highest BCUT2D eigenvalue weighted by atomic mass is 35.5. The molecule has 160 valence electrons. The van der Waals surface area contributed by atoms with Crippen LogP contribution in [0.5, 0.6) is 5.75 Å². The van der Waals surface area contributed by atoms with Crippen molar-refractivity contribution in [2.45, 2.75) is 26.2 Å². The number of methoxy groups -OCH3 is 1. The van der Waals surface area contributed by atoms with Gasteiger partial charge in [0.25, 0.3) is 11.8 Å². The van der Waals surface area contributed by atoms with Gasteiger partial charge in [-0.25, -0.2) is 0 Å². The van der Waals surface area contributed by atoms with Gasteiger partial charge in [0.15, 0.2) is 6.61 Å². The summed E-state index contributed by atoms with van der Waals surface area (Å²) in [6.07, 6.45) is 0. The van der Waals surface area contributed by atoms with Gasteiger partial charge in [0.2, 0.25) is 0 Å². The highest BCUT2D eigenvalue weighted by Crippen LogP contribution is 2.27. The van der Waals surface area contributed by atoms with E-state index in [-0.39, 0.29) is 12.0 Å².